The van der Waals surface area contributed by atoms with Crippen LogP contribution in [0.2, 0.25) is 10.0 Å². The Bertz CT molecular complexity index is 1020. The van der Waals surface area contributed by atoms with Crippen LogP contribution in [0.15, 0.2) is 48.7 Å². The van der Waals surface area contributed by atoms with E-state index in [1.165, 1.54) is 6.42 Å². The molecule has 6 heteroatoms. The van der Waals surface area contributed by atoms with E-state index in [4.69, 9.17) is 23.2 Å². The Morgan fingerprint density at radius 2 is 1.86 bits per heavy atom. The van der Waals surface area contributed by atoms with Gasteiger partial charge in [0.2, 0.25) is 0 Å². The lowest BCUT2D eigenvalue weighted by Gasteiger charge is -2.27. The molecule has 1 aromatic heterocycles. The number of likely N-dealkylation sites (tertiary alicyclic amines) is 1. The summed E-state index contributed by atoms with van der Waals surface area (Å²) >= 11 is 12.6. The van der Waals surface area contributed by atoms with E-state index >= 15 is 0 Å². The van der Waals surface area contributed by atoms with E-state index in [1.54, 1.807) is 12.3 Å². The first kappa shape index (κ1) is 19.0. The summed E-state index contributed by atoms with van der Waals surface area (Å²) in [5.74, 6) is 0.00994. The summed E-state index contributed by atoms with van der Waals surface area (Å²) in [5, 5.41) is 5.56. The molecule has 28 heavy (non-hydrogen) atoms. The van der Waals surface area contributed by atoms with Gasteiger partial charge in [0.1, 0.15) is 0 Å². The minimum atomic E-state index is 0.00994. The van der Waals surface area contributed by atoms with Gasteiger partial charge in [0.15, 0.2) is 0 Å². The first-order chi connectivity index (χ1) is 13.6. The lowest BCUT2D eigenvalue weighted by molar-refractivity contribution is 0.0725. The van der Waals surface area contributed by atoms with Crippen LogP contribution >= 0.6 is 23.2 Å². The lowest BCUT2D eigenvalue weighted by Crippen LogP contribution is -2.36. The number of piperidine rings is 1. The molecular weight excluding hydrogens is 393 g/mol. The number of pyridine rings is 1. The second-order valence-corrected chi connectivity index (χ2v) is 7.85. The van der Waals surface area contributed by atoms with Crippen molar-refractivity contribution >= 4 is 45.7 Å². The monoisotopic (exact) mass is 413 g/mol. The van der Waals surface area contributed by atoms with Crippen molar-refractivity contribution in [3.8, 4) is 0 Å². The summed E-state index contributed by atoms with van der Waals surface area (Å²) < 4.78 is 0. The molecule has 4 rings (SSSR count). The normalized spacial score (nSPS) is 14.3. The van der Waals surface area contributed by atoms with Crippen molar-refractivity contribution in [1.29, 1.82) is 0 Å². The van der Waals surface area contributed by atoms with Gasteiger partial charge in [-0.05, 0) is 49.1 Å². The predicted octanol–water partition coefficient (Wildman–Crippen LogP) is 5.78. The summed E-state index contributed by atoms with van der Waals surface area (Å²) in [4.78, 5) is 19.6. The second kappa shape index (κ2) is 8.38. The van der Waals surface area contributed by atoms with Crippen LogP contribution in [0, 0.1) is 0 Å². The highest BCUT2D eigenvalue weighted by atomic mass is 35.5. The van der Waals surface area contributed by atoms with E-state index in [2.05, 4.69) is 10.3 Å². The minimum absolute atomic E-state index is 0.00994. The molecule has 0 saturated carbocycles. The highest BCUT2D eigenvalue weighted by Crippen LogP contribution is 2.31. The van der Waals surface area contributed by atoms with Crippen molar-refractivity contribution in [3.05, 3.63) is 69.8 Å². The van der Waals surface area contributed by atoms with E-state index in [1.807, 2.05) is 41.3 Å². The Morgan fingerprint density at radius 3 is 2.64 bits per heavy atom. The van der Waals surface area contributed by atoms with Gasteiger partial charge in [-0.15, -0.1) is 0 Å². The van der Waals surface area contributed by atoms with E-state index < -0.39 is 0 Å². The number of hydrogen-bond acceptors (Lipinski definition) is 3. The molecule has 1 fully saturated rings. The molecule has 2 heterocycles. The Morgan fingerprint density at radius 1 is 1.07 bits per heavy atom. The Balaban J connectivity index is 1.74. The number of carbonyl (C=O) groups excluding carboxylic acids is 1. The molecule has 0 spiro atoms. The molecule has 1 aliphatic heterocycles. The zero-order valence-electron chi connectivity index (χ0n) is 15.4. The maximum atomic E-state index is 13.2. The van der Waals surface area contributed by atoms with Gasteiger partial charge in [0.05, 0.1) is 16.8 Å². The van der Waals surface area contributed by atoms with Gasteiger partial charge in [-0.25, -0.2) is 0 Å². The van der Waals surface area contributed by atoms with Gasteiger partial charge in [0.25, 0.3) is 5.91 Å². The maximum Gasteiger partial charge on any atom is 0.257 e. The Kier molecular flexibility index (Phi) is 5.69. The number of benzene rings is 2. The van der Waals surface area contributed by atoms with E-state index in [9.17, 15) is 4.79 Å². The van der Waals surface area contributed by atoms with Crippen molar-refractivity contribution in [1.82, 2.24) is 9.88 Å². The van der Waals surface area contributed by atoms with Crippen LogP contribution in [0.4, 0.5) is 5.69 Å². The minimum Gasteiger partial charge on any atom is -0.380 e. The van der Waals surface area contributed by atoms with Crippen LogP contribution in [0.1, 0.15) is 35.2 Å². The van der Waals surface area contributed by atoms with Crippen LogP contribution in [-0.4, -0.2) is 28.9 Å². The third kappa shape index (κ3) is 3.94. The van der Waals surface area contributed by atoms with Crippen LogP contribution in [0.3, 0.4) is 0 Å². The van der Waals surface area contributed by atoms with Gasteiger partial charge in [-0.1, -0.05) is 41.4 Å². The average molecular weight is 414 g/mol. The number of nitrogens with one attached hydrogen (secondary N) is 1. The first-order valence-corrected chi connectivity index (χ1v) is 10.2. The SMILES string of the molecule is O=C(c1cnc2ccc(Cl)cc2c1NCc1ccccc1Cl)N1CCCCC1. The summed E-state index contributed by atoms with van der Waals surface area (Å²) in [5.41, 5.74) is 3.08. The van der Waals surface area contributed by atoms with Crippen molar-refractivity contribution in [2.75, 3.05) is 18.4 Å². The third-order valence-electron chi connectivity index (χ3n) is 5.12. The molecule has 0 radical (unpaired) electrons. The van der Waals surface area contributed by atoms with Gasteiger partial charge >= 0.3 is 0 Å². The molecule has 0 aliphatic carbocycles. The molecule has 1 amide bonds. The molecule has 144 valence electrons. The summed E-state index contributed by atoms with van der Waals surface area (Å²) in [6.07, 6.45) is 4.93. The van der Waals surface area contributed by atoms with Crippen molar-refractivity contribution in [3.63, 3.8) is 0 Å². The molecular formula is C22H21Cl2N3O. The molecule has 3 aromatic rings. The molecule has 1 aliphatic rings. The quantitative estimate of drug-likeness (QED) is 0.589. The fraction of sp³-hybridized carbons (Fsp3) is 0.273. The number of fused-ring (bicyclic) bond motifs is 1. The standard InChI is InChI=1S/C22H21Cl2N3O/c23-16-8-9-20-17(12-16)21(26-13-15-6-2-3-7-19(15)24)18(14-25-20)22(28)27-10-4-1-5-11-27/h2-3,6-9,12,14H,1,4-5,10-11,13H2,(H,25,26). The van der Waals surface area contributed by atoms with Gasteiger partial charge in [-0.2, -0.15) is 0 Å². The summed E-state index contributed by atoms with van der Waals surface area (Å²) in [6, 6.07) is 13.2. The van der Waals surface area contributed by atoms with Crippen LogP contribution < -0.4 is 5.32 Å². The maximum absolute atomic E-state index is 13.2. The molecule has 0 atom stereocenters. The number of hydrogen-bond donors (Lipinski definition) is 1. The Labute approximate surface area is 174 Å². The number of nitrogens with zero attached hydrogens (tertiary/aromatic N) is 2. The van der Waals surface area contributed by atoms with Crippen molar-refractivity contribution in [2.45, 2.75) is 25.8 Å². The fourth-order valence-electron chi connectivity index (χ4n) is 3.61. The molecule has 1 N–H and O–H groups in total. The van der Waals surface area contributed by atoms with Gasteiger partial charge < -0.3 is 10.2 Å². The molecule has 0 unspecified atom stereocenters. The summed E-state index contributed by atoms with van der Waals surface area (Å²) in [6.45, 7) is 2.08. The summed E-state index contributed by atoms with van der Waals surface area (Å²) in [7, 11) is 0. The largest absolute Gasteiger partial charge is 0.380 e. The van der Waals surface area contributed by atoms with Gasteiger partial charge in [-0.3, -0.25) is 9.78 Å². The highest BCUT2D eigenvalue weighted by molar-refractivity contribution is 6.32. The molecule has 0 bridgehead atoms. The first-order valence-electron chi connectivity index (χ1n) is 9.48. The fourth-order valence-corrected chi connectivity index (χ4v) is 3.98. The van der Waals surface area contributed by atoms with Crippen LogP contribution in [0.5, 0.6) is 0 Å². The number of anilines is 1. The molecule has 1 saturated heterocycles. The zero-order chi connectivity index (χ0) is 19.5. The smallest absolute Gasteiger partial charge is 0.257 e. The number of aromatic nitrogens is 1. The van der Waals surface area contributed by atoms with Crippen molar-refractivity contribution < 1.29 is 4.79 Å². The van der Waals surface area contributed by atoms with E-state index in [-0.39, 0.29) is 5.91 Å². The number of amides is 1. The van der Waals surface area contributed by atoms with E-state index in [0.717, 1.165) is 48.1 Å². The topological polar surface area (TPSA) is 45.2 Å². The number of halogens is 2. The second-order valence-electron chi connectivity index (χ2n) is 7.01. The molecule has 4 nitrogen and oxygen atoms in total. The van der Waals surface area contributed by atoms with E-state index in [0.29, 0.717) is 22.2 Å². The van der Waals surface area contributed by atoms with Crippen LogP contribution in [0.25, 0.3) is 10.9 Å². The van der Waals surface area contributed by atoms with Crippen molar-refractivity contribution in [2.24, 2.45) is 0 Å². The lowest BCUT2D eigenvalue weighted by atomic mass is 10.1. The number of rotatable bonds is 4. The van der Waals surface area contributed by atoms with Crippen LogP contribution in [-0.2, 0) is 6.54 Å². The Hall–Kier alpha value is -2.30. The molecule has 2 aromatic carbocycles. The highest BCUT2D eigenvalue weighted by Gasteiger charge is 2.23. The third-order valence-corrected chi connectivity index (χ3v) is 5.72. The number of carbonyl (C=O) groups is 1. The average Bonchev–Trinajstić information content (AvgIpc) is 2.73. The predicted molar refractivity (Wildman–Crippen MR) is 115 cm³/mol. The zero-order valence-corrected chi connectivity index (χ0v) is 16.9. The van der Waals surface area contributed by atoms with Gasteiger partial charge in [0, 0.05) is 41.3 Å².